The minimum Gasteiger partial charge on any atom is -0.480 e. The molecular formula is C15H16FNO4. The van der Waals surface area contributed by atoms with Gasteiger partial charge < -0.3 is 15.2 Å². The number of carbonyl (C=O) groups excluding carboxylic acids is 1. The Balaban J connectivity index is 2.02. The van der Waals surface area contributed by atoms with Crippen LogP contribution in [0.4, 0.5) is 4.39 Å². The Morgan fingerprint density at radius 3 is 2.43 bits per heavy atom. The van der Waals surface area contributed by atoms with Crippen molar-refractivity contribution < 1.29 is 23.8 Å². The number of ether oxygens (including phenoxy) is 1. The average Bonchev–Trinajstić information content (AvgIpc) is 2.47. The van der Waals surface area contributed by atoms with Crippen LogP contribution in [0.1, 0.15) is 18.4 Å². The van der Waals surface area contributed by atoms with Crippen molar-refractivity contribution >= 4 is 18.0 Å². The Labute approximate surface area is 121 Å². The Hall–Kier alpha value is -2.21. The first-order chi connectivity index (χ1) is 10.0. The maximum atomic E-state index is 12.8. The summed E-state index contributed by atoms with van der Waals surface area (Å²) >= 11 is 0. The monoisotopic (exact) mass is 293 g/mol. The number of benzene rings is 1. The molecular weight excluding hydrogens is 277 g/mol. The molecule has 1 heterocycles. The maximum absolute atomic E-state index is 12.8. The number of carbonyl (C=O) groups is 2. The predicted molar refractivity (Wildman–Crippen MR) is 74.0 cm³/mol. The van der Waals surface area contributed by atoms with Gasteiger partial charge in [0.1, 0.15) is 11.4 Å². The number of halogens is 1. The number of carboxylic acid groups (broad SMARTS) is 1. The molecule has 0 aliphatic carbocycles. The Kier molecular flexibility index (Phi) is 4.70. The van der Waals surface area contributed by atoms with Gasteiger partial charge in [0.2, 0.25) is 5.91 Å². The largest absolute Gasteiger partial charge is 0.480 e. The summed E-state index contributed by atoms with van der Waals surface area (Å²) in [6.45, 7) is 0.600. The summed E-state index contributed by atoms with van der Waals surface area (Å²) in [5.41, 5.74) is -0.620. The summed E-state index contributed by atoms with van der Waals surface area (Å²) in [7, 11) is 0. The van der Waals surface area contributed by atoms with E-state index in [1.165, 1.54) is 36.4 Å². The molecule has 1 aromatic carbocycles. The molecule has 1 aliphatic heterocycles. The summed E-state index contributed by atoms with van der Waals surface area (Å²) in [5.74, 6) is -1.92. The number of amides is 1. The second-order valence-corrected chi connectivity index (χ2v) is 4.87. The van der Waals surface area contributed by atoms with E-state index >= 15 is 0 Å². The highest BCUT2D eigenvalue weighted by Crippen LogP contribution is 2.21. The van der Waals surface area contributed by atoms with E-state index in [-0.39, 0.29) is 18.7 Å². The summed E-state index contributed by atoms with van der Waals surface area (Å²) < 4.78 is 17.9. The molecule has 1 aliphatic rings. The molecule has 0 aromatic heterocycles. The lowest BCUT2D eigenvalue weighted by molar-refractivity contribution is -0.151. The molecule has 21 heavy (non-hydrogen) atoms. The standard InChI is InChI=1S/C15H16FNO4/c16-12-4-1-11(2-5-12)3-6-13(18)17-15(14(19)20)7-9-21-10-8-15/h1-6H,7-10H2,(H,17,18)(H,19,20)/b6-3+. The van der Waals surface area contributed by atoms with E-state index < -0.39 is 17.4 Å². The molecule has 0 atom stereocenters. The van der Waals surface area contributed by atoms with Crippen molar-refractivity contribution in [1.29, 1.82) is 0 Å². The zero-order valence-electron chi connectivity index (χ0n) is 11.3. The van der Waals surface area contributed by atoms with Crippen LogP contribution in [0.15, 0.2) is 30.3 Å². The fraction of sp³-hybridized carbons (Fsp3) is 0.333. The van der Waals surface area contributed by atoms with Gasteiger partial charge in [0.25, 0.3) is 0 Å². The van der Waals surface area contributed by atoms with Gasteiger partial charge in [-0.15, -0.1) is 0 Å². The summed E-state index contributed by atoms with van der Waals surface area (Å²) in [5, 5.41) is 11.9. The molecule has 0 radical (unpaired) electrons. The molecule has 112 valence electrons. The molecule has 0 bridgehead atoms. The van der Waals surface area contributed by atoms with Crippen LogP contribution in [-0.2, 0) is 14.3 Å². The quantitative estimate of drug-likeness (QED) is 0.827. The lowest BCUT2D eigenvalue weighted by atomic mass is 9.90. The Bertz CT molecular complexity index is 547. The second kappa shape index (κ2) is 6.49. The SMILES string of the molecule is O=C(/C=C/c1ccc(F)cc1)NC1(C(=O)O)CCOCC1. The first-order valence-corrected chi connectivity index (χ1v) is 6.59. The van der Waals surface area contributed by atoms with Crippen LogP contribution >= 0.6 is 0 Å². The maximum Gasteiger partial charge on any atom is 0.329 e. The molecule has 5 nitrogen and oxygen atoms in total. The van der Waals surface area contributed by atoms with Crippen LogP contribution in [0.3, 0.4) is 0 Å². The highest BCUT2D eigenvalue weighted by atomic mass is 19.1. The van der Waals surface area contributed by atoms with Gasteiger partial charge in [-0.1, -0.05) is 12.1 Å². The number of nitrogens with one attached hydrogen (secondary N) is 1. The van der Waals surface area contributed by atoms with Crippen LogP contribution in [0.2, 0.25) is 0 Å². The molecule has 2 N–H and O–H groups in total. The summed E-state index contributed by atoms with van der Waals surface area (Å²) in [6, 6.07) is 5.63. The minimum atomic E-state index is -1.28. The van der Waals surface area contributed by atoms with Gasteiger partial charge in [0.05, 0.1) is 0 Å². The number of hydrogen-bond donors (Lipinski definition) is 2. The first-order valence-electron chi connectivity index (χ1n) is 6.59. The Morgan fingerprint density at radius 2 is 1.86 bits per heavy atom. The van der Waals surface area contributed by atoms with E-state index in [0.29, 0.717) is 18.8 Å². The zero-order valence-corrected chi connectivity index (χ0v) is 11.3. The van der Waals surface area contributed by atoms with Crippen molar-refractivity contribution in [1.82, 2.24) is 5.32 Å². The van der Waals surface area contributed by atoms with Gasteiger partial charge in [-0.2, -0.15) is 0 Å². The van der Waals surface area contributed by atoms with Gasteiger partial charge in [-0.3, -0.25) is 4.79 Å². The van der Waals surface area contributed by atoms with E-state index in [1.807, 2.05) is 0 Å². The van der Waals surface area contributed by atoms with Gasteiger partial charge in [-0.05, 0) is 23.8 Å². The molecule has 2 rings (SSSR count). The number of aliphatic carboxylic acids is 1. The van der Waals surface area contributed by atoms with E-state index in [1.54, 1.807) is 0 Å². The third-order valence-corrected chi connectivity index (χ3v) is 3.42. The molecule has 1 aromatic rings. The van der Waals surface area contributed by atoms with Crippen molar-refractivity contribution in [3.8, 4) is 0 Å². The van der Waals surface area contributed by atoms with Crippen molar-refractivity contribution in [2.24, 2.45) is 0 Å². The topological polar surface area (TPSA) is 75.6 Å². The third kappa shape index (κ3) is 3.88. The number of hydrogen-bond acceptors (Lipinski definition) is 3. The molecule has 1 saturated heterocycles. The molecule has 0 unspecified atom stereocenters. The number of rotatable bonds is 4. The molecule has 0 spiro atoms. The van der Waals surface area contributed by atoms with Gasteiger partial charge in [0, 0.05) is 32.1 Å². The lowest BCUT2D eigenvalue weighted by Crippen LogP contribution is -2.57. The van der Waals surface area contributed by atoms with Gasteiger partial charge in [-0.25, -0.2) is 9.18 Å². The van der Waals surface area contributed by atoms with Crippen LogP contribution in [0.5, 0.6) is 0 Å². The fourth-order valence-corrected chi connectivity index (χ4v) is 2.14. The summed E-state index contributed by atoms with van der Waals surface area (Å²) in [4.78, 5) is 23.3. The van der Waals surface area contributed by atoms with Crippen LogP contribution in [-0.4, -0.2) is 35.7 Å². The third-order valence-electron chi connectivity index (χ3n) is 3.42. The van der Waals surface area contributed by atoms with E-state index in [9.17, 15) is 19.1 Å². The van der Waals surface area contributed by atoms with Gasteiger partial charge in [0.15, 0.2) is 0 Å². The van der Waals surface area contributed by atoms with E-state index in [4.69, 9.17) is 4.74 Å². The number of carboxylic acids is 1. The van der Waals surface area contributed by atoms with Crippen molar-refractivity contribution in [2.45, 2.75) is 18.4 Å². The fourth-order valence-electron chi connectivity index (χ4n) is 2.14. The molecule has 0 saturated carbocycles. The van der Waals surface area contributed by atoms with E-state index in [0.717, 1.165) is 0 Å². The lowest BCUT2D eigenvalue weighted by Gasteiger charge is -2.33. The molecule has 6 heteroatoms. The second-order valence-electron chi connectivity index (χ2n) is 4.87. The van der Waals surface area contributed by atoms with Crippen molar-refractivity contribution in [3.05, 3.63) is 41.7 Å². The van der Waals surface area contributed by atoms with Crippen molar-refractivity contribution in [3.63, 3.8) is 0 Å². The van der Waals surface area contributed by atoms with Crippen molar-refractivity contribution in [2.75, 3.05) is 13.2 Å². The smallest absolute Gasteiger partial charge is 0.329 e. The van der Waals surface area contributed by atoms with E-state index in [2.05, 4.69) is 5.32 Å². The molecule has 1 amide bonds. The Morgan fingerprint density at radius 1 is 1.24 bits per heavy atom. The first kappa shape index (κ1) is 15.2. The predicted octanol–water partition coefficient (Wildman–Crippen LogP) is 1.59. The van der Waals surface area contributed by atoms with Crippen LogP contribution < -0.4 is 5.32 Å². The average molecular weight is 293 g/mol. The van der Waals surface area contributed by atoms with Crippen LogP contribution in [0.25, 0.3) is 6.08 Å². The minimum absolute atomic E-state index is 0.235. The van der Waals surface area contributed by atoms with Gasteiger partial charge >= 0.3 is 5.97 Å². The molecule has 1 fully saturated rings. The normalized spacial score (nSPS) is 17.6. The highest BCUT2D eigenvalue weighted by Gasteiger charge is 2.41. The zero-order chi connectivity index (χ0) is 15.3. The highest BCUT2D eigenvalue weighted by molar-refractivity contribution is 5.95. The summed E-state index contributed by atoms with van der Waals surface area (Å²) in [6.07, 6.45) is 3.22. The van der Waals surface area contributed by atoms with Crippen LogP contribution in [0, 0.1) is 5.82 Å².